The van der Waals surface area contributed by atoms with Crippen molar-refractivity contribution in [3.63, 3.8) is 0 Å². The second-order valence-electron chi connectivity index (χ2n) is 4.48. The summed E-state index contributed by atoms with van der Waals surface area (Å²) in [5.74, 6) is -3.82. The first kappa shape index (κ1) is 12.6. The Balaban J connectivity index is 1.94. The molecule has 0 amide bonds. The molecular formula is C13H11F3N2S. The number of benzene rings is 1. The summed E-state index contributed by atoms with van der Waals surface area (Å²) in [6.07, 6.45) is 2.10. The second-order valence-corrected chi connectivity index (χ2v) is 5.34. The van der Waals surface area contributed by atoms with Crippen LogP contribution in [0, 0.1) is 17.5 Å². The third-order valence-corrected chi connectivity index (χ3v) is 4.08. The van der Waals surface area contributed by atoms with Gasteiger partial charge >= 0.3 is 0 Å². The maximum atomic E-state index is 13.2. The van der Waals surface area contributed by atoms with Crippen LogP contribution in [0.1, 0.15) is 24.6 Å². The standard InChI is InChI=1S/C13H11F3N2S/c14-8-4-7(5-9(15)12(8)16)13-18-11(6-19-13)10-2-1-3-17-10/h4-6,10,17H,1-3H2/t10-/m0/s1. The van der Waals surface area contributed by atoms with E-state index in [9.17, 15) is 13.2 Å². The summed E-state index contributed by atoms with van der Waals surface area (Å²) >= 11 is 1.31. The van der Waals surface area contributed by atoms with Gasteiger partial charge in [-0.3, -0.25) is 0 Å². The Kier molecular flexibility index (Phi) is 3.28. The van der Waals surface area contributed by atoms with Gasteiger partial charge in [-0.05, 0) is 31.5 Å². The average molecular weight is 284 g/mol. The van der Waals surface area contributed by atoms with E-state index in [2.05, 4.69) is 10.3 Å². The third kappa shape index (κ3) is 2.37. The van der Waals surface area contributed by atoms with E-state index in [1.165, 1.54) is 11.3 Å². The summed E-state index contributed by atoms with van der Waals surface area (Å²) in [5, 5.41) is 5.68. The summed E-state index contributed by atoms with van der Waals surface area (Å²) in [4.78, 5) is 4.37. The first-order valence-corrected chi connectivity index (χ1v) is 6.87. The maximum Gasteiger partial charge on any atom is 0.194 e. The van der Waals surface area contributed by atoms with Gasteiger partial charge in [0.15, 0.2) is 17.5 Å². The number of aromatic nitrogens is 1. The van der Waals surface area contributed by atoms with Crippen LogP contribution in [0.2, 0.25) is 0 Å². The zero-order valence-corrected chi connectivity index (χ0v) is 10.7. The van der Waals surface area contributed by atoms with Crippen molar-refractivity contribution in [2.45, 2.75) is 18.9 Å². The number of hydrogen-bond acceptors (Lipinski definition) is 3. The molecule has 2 nitrogen and oxygen atoms in total. The summed E-state index contributed by atoms with van der Waals surface area (Å²) < 4.78 is 39.3. The van der Waals surface area contributed by atoms with E-state index in [0.29, 0.717) is 5.01 Å². The van der Waals surface area contributed by atoms with E-state index in [1.807, 2.05) is 5.38 Å². The highest BCUT2D eigenvalue weighted by atomic mass is 32.1. The number of nitrogens with zero attached hydrogens (tertiary/aromatic N) is 1. The fourth-order valence-electron chi connectivity index (χ4n) is 2.19. The zero-order valence-electron chi connectivity index (χ0n) is 9.92. The van der Waals surface area contributed by atoms with Crippen LogP contribution in [-0.2, 0) is 0 Å². The highest BCUT2D eigenvalue weighted by molar-refractivity contribution is 7.13. The number of thiazole rings is 1. The molecule has 2 heterocycles. The Labute approximate surface area is 112 Å². The Morgan fingerprint density at radius 2 is 1.95 bits per heavy atom. The molecule has 0 saturated carbocycles. The van der Waals surface area contributed by atoms with Crippen LogP contribution in [0.4, 0.5) is 13.2 Å². The van der Waals surface area contributed by atoms with Crippen molar-refractivity contribution < 1.29 is 13.2 Å². The van der Waals surface area contributed by atoms with Crippen LogP contribution in [0.15, 0.2) is 17.5 Å². The molecule has 1 aromatic carbocycles. The quantitative estimate of drug-likeness (QED) is 0.851. The Bertz CT molecular complexity index is 583. The van der Waals surface area contributed by atoms with Crippen molar-refractivity contribution in [3.8, 4) is 10.6 Å². The minimum atomic E-state index is -1.45. The molecule has 0 radical (unpaired) electrons. The van der Waals surface area contributed by atoms with Crippen LogP contribution in [0.5, 0.6) is 0 Å². The van der Waals surface area contributed by atoms with Crippen molar-refractivity contribution in [1.82, 2.24) is 10.3 Å². The molecule has 0 unspecified atom stereocenters. The van der Waals surface area contributed by atoms with Gasteiger partial charge in [0.25, 0.3) is 0 Å². The molecule has 1 saturated heterocycles. The lowest BCUT2D eigenvalue weighted by Gasteiger charge is -2.05. The first-order chi connectivity index (χ1) is 9.15. The summed E-state index contributed by atoms with van der Waals surface area (Å²) in [7, 11) is 0. The van der Waals surface area contributed by atoms with Gasteiger partial charge in [-0.25, -0.2) is 18.2 Å². The van der Waals surface area contributed by atoms with Gasteiger partial charge in [-0.2, -0.15) is 0 Å². The molecule has 6 heteroatoms. The fourth-order valence-corrected chi connectivity index (χ4v) is 3.06. The Hall–Kier alpha value is -1.40. The molecule has 1 aliphatic rings. The molecule has 1 aromatic heterocycles. The molecule has 19 heavy (non-hydrogen) atoms. The van der Waals surface area contributed by atoms with E-state index in [1.54, 1.807) is 0 Å². The smallest absolute Gasteiger partial charge is 0.194 e. The van der Waals surface area contributed by atoms with Gasteiger partial charge in [-0.1, -0.05) is 0 Å². The van der Waals surface area contributed by atoms with Crippen LogP contribution >= 0.6 is 11.3 Å². The number of hydrogen-bond donors (Lipinski definition) is 1. The average Bonchev–Trinajstić information content (AvgIpc) is 3.05. The Morgan fingerprint density at radius 1 is 1.21 bits per heavy atom. The van der Waals surface area contributed by atoms with Gasteiger partial charge in [0.2, 0.25) is 0 Å². The topological polar surface area (TPSA) is 24.9 Å². The number of halogens is 3. The third-order valence-electron chi connectivity index (χ3n) is 3.17. The minimum Gasteiger partial charge on any atom is -0.309 e. The van der Waals surface area contributed by atoms with E-state index in [4.69, 9.17) is 0 Å². The molecule has 0 spiro atoms. The predicted molar refractivity (Wildman–Crippen MR) is 67.4 cm³/mol. The number of nitrogens with one attached hydrogen (secondary N) is 1. The van der Waals surface area contributed by atoms with E-state index in [-0.39, 0.29) is 11.6 Å². The van der Waals surface area contributed by atoms with Crippen LogP contribution in [0.3, 0.4) is 0 Å². The molecule has 100 valence electrons. The van der Waals surface area contributed by atoms with Crippen LogP contribution in [-0.4, -0.2) is 11.5 Å². The van der Waals surface area contributed by atoms with Gasteiger partial charge in [0.1, 0.15) is 5.01 Å². The molecule has 2 aromatic rings. The molecule has 1 fully saturated rings. The summed E-state index contributed by atoms with van der Waals surface area (Å²) in [6.45, 7) is 0.956. The summed E-state index contributed by atoms with van der Waals surface area (Å²) in [6, 6.07) is 2.16. The SMILES string of the molecule is Fc1cc(-c2nc([C@@H]3CCCN3)cs2)cc(F)c1F. The van der Waals surface area contributed by atoms with Crippen molar-refractivity contribution in [1.29, 1.82) is 0 Å². The zero-order chi connectivity index (χ0) is 13.4. The maximum absolute atomic E-state index is 13.2. The molecule has 1 N–H and O–H groups in total. The van der Waals surface area contributed by atoms with Gasteiger partial charge in [0, 0.05) is 10.9 Å². The fraction of sp³-hybridized carbons (Fsp3) is 0.308. The highest BCUT2D eigenvalue weighted by Crippen LogP contribution is 2.30. The van der Waals surface area contributed by atoms with Crippen molar-refractivity contribution in [2.75, 3.05) is 6.54 Å². The van der Waals surface area contributed by atoms with Crippen molar-refractivity contribution >= 4 is 11.3 Å². The van der Waals surface area contributed by atoms with E-state index in [0.717, 1.165) is 37.2 Å². The van der Waals surface area contributed by atoms with Crippen LogP contribution < -0.4 is 5.32 Å². The molecular weight excluding hydrogens is 273 g/mol. The molecule has 0 bridgehead atoms. The lowest BCUT2D eigenvalue weighted by Crippen LogP contribution is -2.12. The normalized spacial score (nSPS) is 19.0. The van der Waals surface area contributed by atoms with E-state index >= 15 is 0 Å². The number of rotatable bonds is 2. The molecule has 1 atom stereocenters. The monoisotopic (exact) mass is 284 g/mol. The molecule has 1 aliphatic heterocycles. The van der Waals surface area contributed by atoms with Gasteiger partial charge in [-0.15, -0.1) is 11.3 Å². The second kappa shape index (κ2) is 4.94. The predicted octanol–water partition coefficient (Wildman–Crippen LogP) is 3.65. The lowest BCUT2D eigenvalue weighted by atomic mass is 10.2. The van der Waals surface area contributed by atoms with Gasteiger partial charge in [0.05, 0.1) is 11.7 Å². The highest BCUT2D eigenvalue weighted by Gasteiger charge is 2.20. The molecule has 0 aliphatic carbocycles. The Morgan fingerprint density at radius 3 is 2.58 bits per heavy atom. The lowest BCUT2D eigenvalue weighted by molar-refractivity contribution is 0.447. The largest absolute Gasteiger partial charge is 0.309 e. The van der Waals surface area contributed by atoms with Crippen molar-refractivity contribution in [3.05, 3.63) is 40.7 Å². The summed E-state index contributed by atoms with van der Waals surface area (Å²) in [5.41, 5.74) is 1.15. The van der Waals surface area contributed by atoms with Gasteiger partial charge < -0.3 is 5.32 Å². The van der Waals surface area contributed by atoms with Crippen molar-refractivity contribution in [2.24, 2.45) is 0 Å². The van der Waals surface area contributed by atoms with Crippen LogP contribution in [0.25, 0.3) is 10.6 Å². The molecule has 3 rings (SSSR count). The minimum absolute atomic E-state index is 0.208. The first-order valence-electron chi connectivity index (χ1n) is 5.99. The van der Waals surface area contributed by atoms with E-state index < -0.39 is 17.5 Å².